The van der Waals surface area contributed by atoms with Crippen LogP contribution in [-0.4, -0.2) is 23.8 Å². The lowest BCUT2D eigenvalue weighted by molar-refractivity contribution is 0.103. The molecule has 0 aliphatic carbocycles. The molecule has 0 spiro atoms. The Bertz CT molecular complexity index is 647. The van der Waals surface area contributed by atoms with Crippen LogP contribution in [0.1, 0.15) is 34.3 Å². The van der Waals surface area contributed by atoms with Gasteiger partial charge in [-0.1, -0.05) is 41.9 Å². The Labute approximate surface area is 130 Å². The van der Waals surface area contributed by atoms with Crippen molar-refractivity contribution in [2.75, 3.05) is 13.1 Å². The average molecular weight is 300 g/mol. The fraction of sp³-hybridized carbons (Fsp3) is 0.278. The standard InChI is InChI=1S/C18H18ClNO/c19-17-8-4-7-16(12-17)18(21)15-6-3-5-14(11-15)13-20-9-1-2-10-20/h3-8,11-12H,1-2,9-10,13H2. The van der Waals surface area contributed by atoms with Gasteiger partial charge in [0.2, 0.25) is 0 Å². The Morgan fingerprint density at radius 1 is 1.00 bits per heavy atom. The molecule has 108 valence electrons. The zero-order valence-corrected chi connectivity index (χ0v) is 12.6. The number of likely N-dealkylation sites (tertiary alicyclic amines) is 1. The number of ketones is 1. The Balaban J connectivity index is 1.80. The number of rotatable bonds is 4. The Morgan fingerprint density at radius 3 is 2.38 bits per heavy atom. The van der Waals surface area contributed by atoms with Crippen molar-refractivity contribution in [1.82, 2.24) is 4.90 Å². The molecule has 21 heavy (non-hydrogen) atoms. The summed E-state index contributed by atoms with van der Waals surface area (Å²) < 4.78 is 0. The van der Waals surface area contributed by atoms with Gasteiger partial charge >= 0.3 is 0 Å². The van der Waals surface area contributed by atoms with Crippen LogP contribution in [0.25, 0.3) is 0 Å². The number of hydrogen-bond donors (Lipinski definition) is 0. The smallest absolute Gasteiger partial charge is 0.193 e. The summed E-state index contributed by atoms with van der Waals surface area (Å²) in [5.41, 5.74) is 2.57. The second-order valence-corrected chi connectivity index (χ2v) is 5.96. The van der Waals surface area contributed by atoms with E-state index in [1.165, 1.54) is 18.4 Å². The third kappa shape index (κ3) is 3.52. The van der Waals surface area contributed by atoms with Crippen molar-refractivity contribution >= 4 is 17.4 Å². The number of halogens is 1. The van der Waals surface area contributed by atoms with Crippen LogP contribution in [-0.2, 0) is 6.54 Å². The summed E-state index contributed by atoms with van der Waals surface area (Å²) in [6, 6.07) is 15.0. The molecule has 1 saturated heterocycles. The Morgan fingerprint density at radius 2 is 1.67 bits per heavy atom. The second-order valence-electron chi connectivity index (χ2n) is 5.52. The first-order valence-corrected chi connectivity index (χ1v) is 7.72. The lowest BCUT2D eigenvalue weighted by Gasteiger charge is -2.15. The van der Waals surface area contributed by atoms with Crippen LogP contribution < -0.4 is 0 Å². The van der Waals surface area contributed by atoms with Crippen molar-refractivity contribution in [1.29, 1.82) is 0 Å². The summed E-state index contributed by atoms with van der Waals surface area (Å²) >= 11 is 5.96. The molecule has 0 radical (unpaired) electrons. The van der Waals surface area contributed by atoms with Crippen LogP contribution in [0.5, 0.6) is 0 Å². The molecule has 2 aromatic carbocycles. The molecule has 0 bridgehead atoms. The first-order valence-electron chi connectivity index (χ1n) is 7.34. The Hall–Kier alpha value is -1.64. The van der Waals surface area contributed by atoms with Gasteiger partial charge in [-0.15, -0.1) is 0 Å². The van der Waals surface area contributed by atoms with Gasteiger partial charge in [0.05, 0.1) is 0 Å². The van der Waals surface area contributed by atoms with Gasteiger partial charge in [0.15, 0.2) is 5.78 Å². The van der Waals surface area contributed by atoms with E-state index in [9.17, 15) is 4.79 Å². The zero-order chi connectivity index (χ0) is 14.7. The van der Waals surface area contributed by atoms with E-state index in [-0.39, 0.29) is 5.78 Å². The monoisotopic (exact) mass is 299 g/mol. The maximum Gasteiger partial charge on any atom is 0.193 e. The van der Waals surface area contributed by atoms with Gasteiger partial charge in [0, 0.05) is 22.7 Å². The maximum absolute atomic E-state index is 12.5. The minimum atomic E-state index is 0.0285. The van der Waals surface area contributed by atoms with Gasteiger partial charge in [-0.2, -0.15) is 0 Å². The molecule has 1 aliphatic heterocycles. The van der Waals surface area contributed by atoms with Crippen LogP contribution in [0.3, 0.4) is 0 Å². The molecule has 0 saturated carbocycles. The highest BCUT2D eigenvalue weighted by molar-refractivity contribution is 6.31. The van der Waals surface area contributed by atoms with Gasteiger partial charge in [0.1, 0.15) is 0 Å². The quantitative estimate of drug-likeness (QED) is 0.790. The third-order valence-corrected chi connectivity index (χ3v) is 4.12. The summed E-state index contributed by atoms with van der Waals surface area (Å²) in [4.78, 5) is 14.9. The van der Waals surface area contributed by atoms with Crippen molar-refractivity contribution in [3.63, 3.8) is 0 Å². The van der Waals surface area contributed by atoms with Crippen LogP contribution in [0.15, 0.2) is 48.5 Å². The topological polar surface area (TPSA) is 20.3 Å². The molecular weight excluding hydrogens is 282 g/mol. The molecule has 3 heteroatoms. The first kappa shape index (κ1) is 14.3. The van der Waals surface area contributed by atoms with E-state index in [2.05, 4.69) is 11.0 Å². The van der Waals surface area contributed by atoms with Crippen LogP contribution in [0, 0.1) is 0 Å². The number of nitrogens with zero attached hydrogens (tertiary/aromatic N) is 1. The van der Waals surface area contributed by atoms with E-state index in [1.807, 2.05) is 24.3 Å². The zero-order valence-electron chi connectivity index (χ0n) is 11.9. The summed E-state index contributed by atoms with van der Waals surface area (Å²) in [7, 11) is 0. The fourth-order valence-electron chi connectivity index (χ4n) is 2.81. The van der Waals surface area contributed by atoms with E-state index in [1.54, 1.807) is 18.2 Å². The summed E-state index contributed by atoms with van der Waals surface area (Å²) in [5.74, 6) is 0.0285. The van der Waals surface area contributed by atoms with Gasteiger partial charge in [-0.05, 0) is 49.7 Å². The van der Waals surface area contributed by atoms with E-state index >= 15 is 0 Å². The SMILES string of the molecule is O=C(c1cccc(Cl)c1)c1cccc(CN2CCCC2)c1. The minimum absolute atomic E-state index is 0.0285. The summed E-state index contributed by atoms with van der Waals surface area (Å²) in [6.45, 7) is 3.25. The molecule has 1 fully saturated rings. The van der Waals surface area contributed by atoms with Crippen molar-refractivity contribution in [3.05, 3.63) is 70.2 Å². The molecule has 3 rings (SSSR count). The maximum atomic E-state index is 12.5. The van der Waals surface area contributed by atoms with Gasteiger partial charge < -0.3 is 0 Å². The number of benzene rings is 2. The third-order valence-electron chi connectivity index (χ3n) is 3.88. The van der Waals surface area contributed by atoms with E-state index in [0.717, 1.165) is 25.2 Å². The summed E-state index contributed by atoms with van der Waals surface area (Å²) in [5, 5.41) is 0.592. The highest BCUT2D eigenvalue weighted by Gasteiger charge is 2.14. The van der Waals surface area contributed by atoms with Crippen molar-refractivity contribution in [2.24, 2.45) is 0 Å². The number of carbonyl (C=O) groups is 1. The molecule has 0 N–H and O–H groups in total. The summed E-state index contributed by atoms with van der Waals surface area (Å²) in [6.07, 6.45) is 2.56. The molecule has 0 atom stereocenters. The molecule has 0 aromatic heterocycles. The van der Waals surface area contributed by atoms with Crippen LogP contribution in [0.4, 0.5) is 0 Å². The first-order chi connectivity index (χ1) is 10.2. The number of hydrogen-bond acceptors (Lipinski definition) is 2. The minimum Gasteiger partial charge on any atom is -0.299 e. The van der Waals surface area contributed by atoms with Gasteiger partial charge in [0.25, 0.3) is 0 Å². The van der Waals surface area contributed by atoms with E-state index in [0.29, 0.717) is 10.6 Å². The van der Waals surface area contributed by atoms with Crippen molar-refractivity contribution in [2.45, 2.75) is 19.4 Å². The van der Waals surface area contributed by atoms with E-state index < -0.39 is 0 Å². The lowest BCUT2D eigenvalue weighted by Crippen LogP contribution is -2.18. The average Bonchev–Trinajstić information content (AvgIpc) is 3.00. The molecule has 1 heterocycles. The molecule has 0 amide bonds. The molecular formula is C18H18ClNO. The second kappa shape index (κ2) is 6.42. The molecule has 1 aliphatic rings. The van der Waals surface area contributed by atoms with Crippen LogP contribution >= 0.6 is 11.6 Å². The highest BCUT2D eigenvalue weighted by Crippen LogP contribution is 2.18. The van der Waals surface area contributed by atoms with Crippen molar-refractivity contribution < 1.29 is 4.79 Å². The van der Waals surface area contributed by atoms with E-state index in [4.69, 9.17) is 11.6 Å². The Kier molecular flexibility index (Phi) is 4.37. The molecule has 0 unspecified atom stereocenters. The van der Waals surface area contributed by atoms with Crippen LogP contribution in [0.2, 0.25) is 5.02 Å². The fourth-order valence-corrected chi connectivity index (χ4v) is 3.00. The normalized spacial score (nSPS) is 15.3. The van der Waals surface area contributed by atoms with Gasteiger partial charge in [-0.25, -0.2) is 0 Å². The highest BCUT2D eigenvalue weighted by atomic mass is 35.5. The molecule has 2 aromatic rings. The number of carbonyl (C=O) groups excluding carboxylic acids is 1. The van der Waals surface area contributed by atoms with Crippen molar-refractivity contribution in [3.8, 4) is 0 Å². The lowest BCUT2D eigenvalue weighted by atomic mass is 10.0. The predicted octanol–water partition coefficient (Wildman–Crippen LogP) is 4.17. The predicted molar refractivity (Wildman–Crippen MR) is 85.8 cm³/mol. The largest absolute Gasteiger partial charge is 0.299 e. The molecule has 2 nitrogen and oxygen atoms in total. The van der Waals surface area contributed by atoms with Gasteiger partial charge in [-0.3, -0.25) is 9.69 Å².